The van der Waals surface area contributed by atoms with Crippen LogP contribution >= 0.6 is 11.6 Å². The summed E-state index contributed by atoms with van der Waals surface area (Å²) in [4.78, 5) is 14.4. The van der Waals surface area contributed by atoms with Crippen LogP contribution in [0.4, 0.5) is 10.1 Å². The normalized spacial score (nSPS) is 10.7. The molecule has 0 aliphatic carbocycles. The lowest BCUT2D eigenvalue weighted by molar-refractivity contribution is -0.117. The molecule has 0 saturated heterocycles. The quantitative estimate of drug-likeness (QED) is 0.678. The lowest BCUT2D eigenvalue weighted by atomic mass is 10.2. The molecule has 0 heterocycles. The third-order valence-electron chi connectivity index (χ3n) is 4.18. The number of nitrogens with zero attached hydrogens (tertiary/aromatic N) is 1. The van der Waals surface area contributed by atoms with Crippen LogP contribution in [0.15, 0.2) is 30.3 Å². The van der Waals surface area contributed by atoms with Gasteiger partial charge in [0.25, 0.3) is 0 Å². The van der Waals surface area contributed by atoms with Crippen molar-refractivity contribution in [1.82, 2.24) is 4.90 Å². The maximum Gasteiger partial charge on any atom is 0.238 e. The van der Waals surface area contributed by atoms with Crippen LogP contribution in [0.1, 0.15) is 12.5 Å². The Hall–Kier alpha value is -2.51. The molecular formula is C20H24ClFN2O4. The van der Waals surface area contributed by atoms with Gasteiger partial charge in [0, 0.05) is 12.6 Å². The predicted molar refractivity (Wildman–Crippen MR) is 107 cm³/mol. The fourth-order valence-corrected chi connectivity index (χ4v) is 2.94. The number of amides is 1. The lowest BCUT2D eigenvalue weighted by Crippen LogP contribution is -2.32. The number of halogens is 2. The minimum absolute atomic E-state index is 0.122. The van der Waals surface area contributed by atoms with Crippen LogP contribution in [0.3, 0.4) is 0 Å². The first-order chi connectivity index (χ1) is 13.4. The van der Waals surface area contributed by atoms with Crippen LogP contribution in [0.5, 0.6) is 17.2 Å². The van der Waals surface area contributed by atoms with Gasteiger partial charge in [-0.1, -0.05) is 24.6 Å². The summed E-state index contributed by atoms with van der Waals surface area (Å²) in [6.45, 7) is 3.09. The van der Waals surface area contributed by atoms with Gasteiger partial charge in [0.05, 0.1) is 38.6 Å². The van der Waals surface area contributed by atoms with Gasteiger partial charge in [0.1, 0.15) is 11.5 Å². The number of anilines is 1. The molecule has 6 nitrogen and oxygen atoms in total. The van der Waals surface area contributed by atoms with E-state index in [9.17, 15) is 9.18 Å². The van der Waals surface area contributed by atoms with E-state index in [1.165, 1.54) is 27.4 Å². The maximum atomic E-state index is 13.9. The molecule has 8 heteroatoms. The molecule has 2 rings (SSSR count). The Bertz CT molecular complexity index is 832. The van der Waals surface area contributed by atoms with Crippen LogP contribution in [0, 0.1) is 5.82 Å². The molecular weight excluding hydrogens is 387 g/mol. The molecule has 0 aliphatic heterocycles. The number of nitrogens with one attached hydrogen (secondary N) is 1. The van der Waals surface area contributed by atoms with E-state index in [-0.39, 0.29) is 18.2 Å². The van der Waals surface area contributed by atoms with Crippen molar-refractivity contribution in [3.05, 3.63) is 46.7 Å². The SMILES string of the molecule is CCN(CC(=O)Nc1cc(Cl)c(OC)cc1OC)Cc1ccc(OC)c(F)c1. The summed E-state index contributed by atoms with van der Waals surface area (Å²) in [5.41, 5.74) is 1.20. The highest BCUT2D eigenvalue weighted by atomic mass is 35.5. The van der Waals surface area contributed by atoms with E-state index >= 15 is 0 Å². The van der Waals surface area contributed by atoms with Gasteiger partial charge in [-0.3, -0.25) is 9.69 Å². The van der Waals surface area contributed by atoms with Crippen molar-refractivity contribution in [3.8, 4) is 17.2 Å². The number of hydrogen-bond donors (Lipinski definition) is 1. The van der Waals surface area contributed by atoms with E-state index in [2.05, 4.69) is 5.32 Å². The second kappa shape index (κ2) is 10.1. The highest BCUT2D eigenvalue weighted by molar-refractivity contribution is 6.32. The molecule has 1 amide bonds. The summed E-state index contributed by atoms with van der Waals surface area (Å²) in [6.07, 6.45) is 0. The van der Waals surface area contributed by atoms with Gasteiger partial charge in [-0.15, -0.1) is 0 Å². The molecule has 2 aromatic carbocycles. The largest absolute Gasteiger partial charge is 0.495 e. The van der Waals surface area contributed by atoms with E-state index in [1.807, 2.05) is 11.8 Å². The zero-order valence-corrected chi connectivity index (χ0v) is 17.1. The molecule has 0 saturated carbocycles. The predicted octanol–water partition coefficient (Wildman–Crippen LogP) is 3.97. The number of carbonyl (C=O) groups is 1. The summed E-state index contributed by atoms with van der Waals surface area (Å²) in [7, 11) is 4.41. The molecule has 152 valence electrons. The lowest BCUT2D eigenvalue weighted by Gasteiger charge is -2.21. The number of carbonyl (C=O) groups excluding carboxylic acids is 1. The molecule has 0 bridgehead atoms. The summed E-state index contributed by atoms with van der Waals surface area (Å²) in [5.74, 6) is 0.407. The van der Waals surface area contributed by atoms with Crippen molar-refractivity contribution in [2.45, 2.75) is 13.5 Å². The first-order valence-electron chi connectivity index (χ1n) is 8.67. The fourth-order valence-electron chi connectivity index (χ4n) is 2.70. The van der Waals surface area contributed by atoms with Crippen molar-refractivity contribution in [3.63, 3.8) is 0 Å². The Morgan fingerprint density at radius 2 is 1.75 bits per heavy atom. The monoisotopic (exact) mass is 410 g/mol. The first-order valence-corrected chi connectivity index (χ1v) is 9.05. The number of hydrogen-bond acceptors (Lipinski definition) is 5. The summed E-state index contributed by atoms with van der Waals surface area (Å²) in [6, 6.07) is 7.94. The third-order valence-corrected chi connectivity index (χ3v) is 4.48. The molecule has 0 atom stereocenters. The molecule has 0 unspecified atom stereocenters. The number of benzene rings is 2. The highest BCUT2D eigenvalue weighted by Gasteiger charge is 2.15. The van der Waals surface area contributed by atoms with Gasteiger partial charge in [0.15, 0.2) is 11.6 Å². The van der Waals surface area contributed by atoms with Crippen molar-refractivity contribution in [1.29, 1.82) is 0 Å². The second-order valence-corrected chi connectivity index (χ2v) is 6.41. The summed E-state index contributed by atoms with van der Waals surface area (Å²) in [5, 5.41) is 3.15. The number of ether oxygens (including phenoxy) is 3. The minimum Gasteiger partial charge on any atom is -0.495 e. The standard InChI is InChI=1S/C20H24ClFN2O4/c1-5-24(11-13-6-7-17(26-2)15(22)8-13)12-20(25)23-16-9-14(21)18(27-3)10-19(16)28-4/h6-10H,5,11-12H2,1-4H3,(H,23,25). The van der Waals surface area contributed by atoms with Gasteiger partial charge < -0.3 is 19.5 Å². The smallest absolute Gasteiger partial charge is 0.238 e. The van der Waals surface area contributed by atoms with Crippen molar-refractivity contribution in [2.75, 3.05) is 39.7 Å². The molecule has 0 spiro atoms. The van der Waals surface area contributed by atoms with Crippen LogP contribution in [-0.2, 0) is 11.3 Å². The molecule has 0 fully saturated rings. The fraction of sp³-hybridized carbons (Fsp3) is 0.350. The maximum absolute atomic E-state index is 13.9. The Labute approximate surface area is 169 Å². The van der Waals surface area contributed by atoms with E-state index in [0.29, 0.717) is 35.3 Å². The van der Waals surface area contributed by atoms with Gasteiger partial charge in [-0.25, -0.2) is 4.39 Å². The zero-order chi connectivity index (χ0) is 20.7. The van der Waals surface area contributed by atoms with E-state index < -0.39 is 5.82 Å². The number of rotatable bonds is 9. The van der Waals surface area contributed by atoms with Crippen LogP contribution in [-0.4, -0.2) is 45.2 Å². The topological polar surface area (TPSA) is 60.0 Å². The van der Waals surface area contributed by atoms with E-state index in [1.54, 1.807) is 24.3 Å². The van der Waals surface area contributed by atoms with Gasteiger partial charge in [-0.05, 0) is 30.3 Å². The molecule has 2 aromatic rings. The van der Waals surface area contributed by atoms with Crippen LogP contribution in [0.2, 0.25) is 5.02 Å². The van der Waals surface area contributed by atoms with Crippen molar-refractivity contribution in [2.24, 2.45) is 0 Å². The summed E-state index contributed by atoms with van der Waals surface area (Å²) < 4.78 is 29.2. The minimum atomic E-state index is -0.432. The van der Waals surface area contributed by atoms with Crippen LogP contribution < -0.4 is 19.5 Å². The third kappa shape index (κ3) is 5.50. The van der Waals surface area contributed by atoms with Crippen molar-refractivity contribution < 1.29 is 23.4 Å². The Kier molecular flexibility index (Phi) is 7.90. The number of likely N-dealkylation sites (N-methyl/N-ethyl adjacent to an activating group) is 1. The van der Waals surface area contributed by atoms with Gasteiger partial charge in [0.2, 0.25) is 5.91 Å². The van der Waals surface area contributed by atoms with Crippen molar-refractivity contribution >= 4 is 23.2 Å². The number of methoxy groups -OCH3 is 3. The van der Waals surface area contributed by atoms with Gasteiger partial charge >= 0.3 is 0 Å². The summed E-state index contributed by atoms with van der Waals surface area (Å²) >= 11 is 6.13. The second-order valence-electron chi connectivity index (χ2n) is 6.01. The van der Waals surface area contributed by atoms with E-state index in [4.69, 9.17) is 25.8 Å². The molecule has 0 aliphatic rings. The Balaban J connectivity index is 2.06. The molecule has 0 radical (unpaired) electrons. The molecule has 0 aromatic heterocycles. The average Bonchev–Trinajstić information content (AvgIpc) is 2.67. The Morgan fingerprint density at radius 1 is 1.07 bits per heavy atom. The Morgan fingerprint density at radius 3 is 2.32 bits per heavy atom. The highest BCUT2D eigenvalue weighted by Crippen LogP contribution is 2.35. The molecule has 28 heavy (non-hydrogen) atoms. The van der Waals surface area contributed by atoms with Gasteiger partial charge in [-0.2, -0.15) is 0 Å². The average molecular weight is 411 g/mol. The first kappa shape index (κ1) is 21.8. The molecule has 1 N–H and O–H groups in total. The van der Waals surface area contributed by atoms with Crippen LogP contribution in [0.25, 0.3) is 0 Å². The van der Waals surface area contributed by atoms with E-state index in [0.717, 1.165) is 5.56 Å². The zero-order valence-electron chi connectivity index (χ0n) is 16.3.